The van der Waals surface area contributed by atoms with E-state index in [1.165, 1.54) is 0 Å². The molecule has 6 heteroatoms. The third kappa shape index (κ3) is 5.92. The first kappa shape index (κ1) is 15.8. The van der Waals surface area contributed by atoms with E-state index in [1.54, 1.807) is 18.2 Å². The number of amides is 1. The predicted molar refractivity (Wildman–Crippen MR) is 77.8 cm³/mol. The van der Waals surface area contributed by atoms with Crippen molar-refractivity contribution in [3.63, 3.8) is 0 Å². The molecular formula is C13H20ClN3O2. The minimum absolute atomic E-state index is 0.125. The molecule has 0 aromatic heterocycles. The molecule has 19 heavy (non-hydrogen) atoms. The summed E-state index contributed by atoms with van der Waals surface area (Å²) in [6, 6.07) is 5.17. The number of benzene rings is 1. The summed E-state index contributed by atoms with van der Waals surface area (Å²) in [5, 5.41) is 3.19. The summed E-state index contributed by atoms with van der Waals surface area (Å²) < 4.78 is 5.55. The first-order valence-corrected chi connectivity index (χ1v) is 6.47. The van der Waals surface area contributed by atoms with Gasteiger partial charge in [0.2, 0.25) is 5.91 Å². The molecule has 0 aliphatic heterocycles. The average Bonchev–Trinajstić information content (AvgIpc) is 2.31. The molecule has 0 heterocycles. The number of rotatable bonds is 7. The monoisotopic (exact) mass is 285 g/mol. The Kier molecular flexibility index (Phi) is 6.62. The molecule has 1 rings (SSSR count). The Morgan fingerprint density at radius 1 is 1.47 bits per heavy atom. The molecule has 0 radical (unpaired) electrons. The van der Waals surface area contributed by atoms with Gasteiger partial charge in [0.25, 0.3) is 0 Å². The summed E-state index contributed by atoms with van der Waals surface area (Å²) in [5.74, 6) is 0.486. The molecule has 0 bridgehead atoms. The third-order valence-electron chi connectivity index (χ3n) is 2.38. The first-order valence-electron chi connectivity index (χ1n) is 6.10. The van der Waals surface area contributed by atoms with Crippen LogP contribution in [0.15, 0.2) is 18.2 Å². The van der Waals surface area contributed by atoms with Gasteiger partial charge in [0.05, 0.1) is 5.02 Å². The lowest BCUT2D eigenvalue weighted by atomic mass is 10.3. The van der Waals surface area contributed by atoms with Gasteiger partial charge < -0.3 is 20.7 Å². The SMILES string of the molecule is CN(C)CCOc1ccc(NC(=O)CCN)cc1Cl. The normalized spacial score (nSPS) is 10.6. The van der Waals surface area contributed by atoms with Gasteiger partial charge in [0.1, 0.15) is 12.4 Å². The van der Waals surface area contributed by atoms with Crippen LogP contribution in [-0.2, 0) is 4.79 Å². The lowest BCUT2D eigenvalue weighted by molar-refractivity contribution is -0.116. The van der Waals surface area contributed by atoms with E-state index in [-0.39, 0.29) is 5.91 Å². The molecule has 0 atom stereocenters. The average molecular weight is 286 g/mol. The Bertz CT molecular complexity index is 424. The Hall–Kier alpha value is -1.30. The molecule has 0 saturated carbocycles. The zero-order valence-corrected chi connectivity index (χ0v) is 12.0. The molecule has 3 N–H and O–H groups in total. The fraction of sp³-hybridized carbons (Fsp3) is 0.462. The van der Waals surface area contributed by atoms with Crippen LogP contribution in [0.25, 0.3) is 0 Å². The van der Waals surface area contributed by atoms with Crippen molar-refractivity contribution in [2.24, 2.45) is 5.73 Å². The molecule has 1 aromatic carbocycles. The van der Waals surface area contributed by atoms with E-state index in [9.17, 15) is 4.79 Å². The van der Waals surface area contributed by atoms with Gasteiger partial charge in [-0.15, -0.1) is 0 Å². The number of hydrogen-bond donors (Lipinski definition) is 2. The Balaban J connectivity index is 2.56. The summed E-state index contributed by atoms with van der Waals surface area (Å²) in [4.78, 5) is 13.4. The number of nitrogens with one attached hydrogen (secondary N) is 1. The summed E-state index contributed by atoms with van der Waals surface area (Å²) in [7, 11) is 3.95. The molecule has 1 aromatic rings. The van der Waals surface area contributed by atoms with E-state index in [0.717, 1.165) is 6.54 Å². The number of hydrogen-bond acceptors (Lipinski definition) is 4. The van der Waals surface area contributed by atoms with E-state index < -0.39 is 0 Å². The van der Waals surface area contributed by atoms with Crippen LogP contribution in [0.4, 0.5) is 5.69 Å². The highest BCUT2D eigenvalue weighted by Gasteiger charge is 2.06. The highest BCUT2D eigenvalue weighted by molar-refractivity contribution is 6.32. The predicted octanol–water partition coefficient (Wildman–Crippen LogP) is 1.57. The van der Waals surface area contributed by atoms with Crippen molar-refractivity contribution in [3.8, 4) is 5.75 Å². The molecule has 1 amide bonds. The van der Waals surface area contributed by atoms with Crippen molar-refractivity contribution >= 4 is 23.2 Å². The van der Waals surface area contributed by atoms with E-state index >= 15 is 0 Å². The number of ether oxygens (including phenoxy) is 1. The molecule has 0 fully saturated rings. The molecule has 0 aliphatic rings. The molecule has 0 unspecified atom stereocenters. The van der Waals surface area contributed by atoms with E-state index in [1.807, 2.05) is 19.0 Å². The molecule has 5 nitrogen and oxygen atoms in total. The van der Waals surface area contributed by atoms with Gasteiger partial charge in [-0.3, -0.25) is 4.79 Å². The fourth-order valence-corrected chi connectivity index (χ4v) is 1.62. The second-order valence-corrected chi connectivity index (χ2v) is 4.79. The minimum Gasteiger partial charge on any atom is -0.491 e. The number of carbonyl (C=O) groups excluding carboxylic acids is 1. The maximum Gasteiger partial charge on any atom is 0.225 e. The Morgan fingerprint density at radius 3 is 2.79 bits per heavy atom. The van der Waals surface area contributed by atoms with E-state index in [0.29, 0.717) is 36.0 Å². The summed E-state index contributed by atoms with van der Waals surface area (Å²) in [5.41, 5.74) is 5.95. The zero-order chi connectivity index (χ0) is 14.3. The topological polar surface area (TPSA) is 67.6 Å². The minimum atomic E-state index is -0.125. The van der Waals surface area contributed by atoms with Crippen molar-refractivity contribution in [2.45, 2.75) is 6.42 Å². The number of likely N-dealkylation sites (N-methyl/N-ethyl adjacent to an activating group) is 1. The molecule has 106 valence electrons. The van der Waals surface area contributed by atoms with Crippen LogP contribution >= 0.6 is 11.6 Å². The molecule has 0 aliphatic carbocycles. The maximum absolute atomic E-state index is 11.4. The van der Waals surface area contributed by atoms with Crippen LogP contribution in [0, 0.1) is 0 Å². The van der Waals surface area contributed by atoms with Crippen molar-refractivity contribution < 1.29 is 9.53 Å². The Morgan fingerprint density at radius 2 is 2.21 bits per heavy atom. The number of anilines is 1. The molecule has 0 saturated heterocycles. The lowest BCUT2D eigenvalue weighted by Crippen LogP contribution is -2.19. The highest BCUT2D eigenvalue weighted by Crippen LogP contribution is 2.27. The number of nitrogens with zero attached hydrogens (tertiary/aromatic N) is 1. The quantitative estimate of drug-likeness (QED) is 0.798. The van der Waals surface area contributed by atoms with Crippen LogP contribution in [0.5, 0.6) is 5.75 Å². The van der Waals surface area contributed by atoms with Gasteiger partial charge in [-0.05, 0) is 32.3 Å². The molecule has 0 spiro atoms. The van der Waals surface area contributed by atoms with Crippen molar-refractivity contribution in [3.05, 3.63) is 23.2 Å². The van der Waals surface area contributed by atoms with Crippen LogP contribution in [0.1, 0.15) is 6.42 Å². The standard InChI is InChI=1S/C13H20ClN3O2/c1-17(2)7-8-19-12-4-3-10(9-11(12)14)16-13(18)5-6-15/h3-4,9H,5-8,15H2,1-2H3,(H,16,18). The summed E-state index contributed by atoms with van der Waals surface area (Å²) in [6.07, 6.45) is 0.290. The number of halogens is 1. The second-order valence-electron chi connectivity index (χ2n) is 4.38. The third-order valence-corrected chi connectivity index (χ3v) is 2.68. The first-order chi connectivity index (χ1) is 9.02. The summed E-state index contributed by atoms with van der Waals surface area (Å²) >= 11 is 6.09. The van der Waals surface area contributed by atoms with Crippen molar-refractivity contribution in [1.82, 2.24) is 4.90 Å². The van der Waals surface area contributed by atoms with Gasteiger partial charge >= 0.3 is 0 Å². The van der Waals surface area contributed by atoms with Gasteiger partial charge in [-0.2, -0.15) is 0 Å². The van der Waals surface area contributed by atoms with Crippen LogP contribution in [0.2, 0.25) is 5.02 Å². The molecular weight excluding hydrogens is 266 g/mol. The maximum atomic E-state index is 11.4. The number of carbonyl (C=O) groups is 1. The van der Waals surface area contributed by atoms with Gasteiger partial charge in [0.15, 0.2) is 0 Å². The van der Waals surface area contributed by atoms with Gasteiger partial charge in [-0.25, -0.2) is 0 Å². The van der Waals surface area contributed by atoms with Crippen LogP contribution < -0.4 is 15.8 Å². The van der Waals surface area contributed by atoms with Crippen LogP contribution in [0.3, 0.4) is 0 Å². The van der Waals surface area contributed by atoms with Crippen molar-refractivity contribution in [1.29, 1.82) is 0 Å². The summed E-state index contributed by atoms with van der Waals surface area (Å²) in [6.45, 7) is 1.70. The van der Waals surface area contributed by atoms with Crippen molar-refractivity contribution in [2.75, 3.05) is 39.1 Å². The largest absolute Gasteiger partial charge is 0.491 e. The van der Waals surface area contributed by atoms with Crippen LogP contribution in [-0.4, -0.2) is 44.6 Å². The zero-order valence-electron chi connectivity index (χ0n) is 11.3. The highest BCUT2D eigenvalue weighted by atomic mass is 35.5. The fourth-order valence-electron chi connectivity index (χ4n) is 1.39. The number of nitrogens with two attached hydrogens (primary N) is 1. The van der Waals surface area contributed by atoms with Gasteiger partial charge in [0, 0.05) is 25.2 Å². The lowest BCUT2D eigenvalue weighted by Gasteiger charge is -2.13. The van der Waals surface area contributed by atoms with E-state index in [4.69, 9.17) is 22.1 Å². The Labute approximate surface area is 118 Å². The van der Waals surface area contributed by atoms with Gasteiger partial charge in [-0.1, -0.05) is 11.6 Å². The second kappa shape index (κ2) is 7.99. The smallest absolute Gasteiger partial charge is 0.225 e. The van der Waals surface area contributed by atoms with E-state index in [2.05, 4.69) is 5.32 Å².